The van der Waals surface area contributed by atoms with Crippen LogP contribution < -0.4 is 11.5 Å². The first kappa shape index (κ1) is 12.5. The van der Waals surface area contributed by atoms with Crippen molar-refractivity contribution in [3.05, 3.63) is 35.6 Å². The third kappa shape index (κ3) is 1.96. The standard InChI is InChI=1S/C11H15FN2O2S/c1-17(15,16)10-9(11(10,14)6-13)7-2-4-8(12)5-3-7/h2-5,9-10H,6,13-14H2,1H3/t9-,10+,11+/m0/s1. The second kappa shape index (κ2) is 3.76. The van der Waals surface area contributed by atoms with E-state index < -0.39 is 20.6 Å². The van der Waals surface area contributed by atoms with Crippen LogP contribution in [0.5, 0.6) is 0 Å². The van der Waals surface area contributed by atoms with E-state index in [0.29, 0.717) is 0 Å². The number of benzene rings is 1. The van der Waals surface area contributed by atoms with Gasteiger partial charge in [-0.1, -0.05) is 12.1 Å². The Hall–Kier alpha value is -0.980. The molecule has 17 heavy (non-hydrogen) atoms. The lowest BCUT2D eigenvalue weighted by Gasteiger charge is -2.07. The Balaban J connectivity index is 2.37. The molecule has 2 rings (SSSR count). The molecule has 0 radical (unpaired) electrons. The first-order valence-electron chi connectivity index (χ1n) is 5.24. The summed E-state index contributed by atoms with van der Waals surface area (Å²) in [4.78, 5) is 0. The number of rotatable bonds is 3. The van der Waals surface area contributed by atoms with Crippen molar-refractivity contribution in [3.63, 3.8) is 0 Å². The highest BCUT2D eigenvalue weighted by Crippen LogP contribution is 2.53. The van der Waals surface area contributed by atoms with Crippen molar-refractivity contribution < 1.29 is 12.8 Å². The summed E-state index contributed by atoms with van der Waals surface area (Å²) in [6.45, 7) is 0.0901. The highest BCUT2D eigenvalue weighted by atomic mass is 32.2. The minimum absolute atomic E-state index is 0.0901. The summed E-state index contributed by atoms with van der Waals surface area (Å²) in [6, 6.07) is 5.71. The average Bonchev–Trinajstić information content (AvgIpc) is 2.87. The van der Waals surface area contributed by atoms with Crippen LogP contribution in [0.1, 0.15) is 11.5 Å². The molecular weight excluding hydrogens is 243 g/mol. The van der Waals surface area contributed by atoms with Gasteiger partial charge in [-0.15, -0.1) is 0 Å². The summed E-state index contributed by atoms with van der Waals surface area (Å²) in [5, 5.41) is -0.675. The predicted octanol–water partition coefficient (Wildman–Crippen LogP) is -0.00770. The minimum atomic E-state index is -3.26. The number of halogens is 1. The molecule has 0 amide bonds. The molecule has 4 N–H and O–H groups in total. The van der Waals surface area contributed by atoms with Crippen LogP contribution >= 0.6 is 0 Å². The van der Waals surface area contributed by atoms with E-state index in [4.69, 9.17) is 11.5 Å². The lowest BCUT2D eigenvalue weighted by molar-refractivity contribution is 0.591. The van der Waals surface area contributed by atoms with E-state index in [1.54, 1.807) is 12.1 Å². The van der Waals surface area contributed by atoms with Crippen LogP contribution in [0, 0.1) is 5.82 Å². The molecule has 1 aliphatic rings. The average molecular weight is 258 g/mol. The number of hydrogen-bond acceptors (Lipinski definition) is 4. The smallest absolute Gasteiger partial charge is 0.152 e. The molecule has 0 aliphatic heterocycles. The molecule has 0 saturated heterocycles. The highest BCUT2D eigenvalue weighted by molar-refractivity contribution is 7.91. The van der Waals surface area contributed by atoms with Crippen LogP contribution in [0.15, 0.2) is 24.3 Å². The topological polar surface area (TPSA) is 86.2 Å². The molecule has 0 unspecified atom stereocenters. The number of hydrogen-bond donors (Lipinski definition) is 2. The summed E-state index contributed by atoms with van der Waals surface area (Å²) in [5.41, 5.74) is 11.3. The first-order chi connectivity index (χ1) is 7.80. The molecule has 1 aromatic carbocycles. The molecule has 1 aromatic rings. The molecule has 94 valence electrons. The van der Waals surface area contributed by atoms with Crippen molar-refractivity contribution in [2.75, 3.05) is 12.8 Å². The van der Waals surface area contributed by atoms with Gasteiger partial charge in [-0.05, 0) is 17.7 Å². The van der Waals surface area contributed by atoms with Crippen LogP contribution in [0.4, 0.5) is 4.39 Å². The summed E-state index contributed by atoms with van der Waals surface area (Å²) < 4.78 is 36.0. The van der Waals surface area contributed by atoms with E-state index in [9.17, 15) is 12.8 Å². The largest absolute Gasteiger partial charge is 0.329 e. The number of nitrogens with two attached hydrogens (primary N) is 2. The lowest BCUT2D eigenvalue weighted by Crippen LogP contribution is -2.38. The normalized spacial score (nSPS) is 32.5. The van der Waals surface area contributed by atoms with Gasteiger partial charge in [-0.2, -0.15) is 0 Å². The SMILES string of the molecule is CS(=O)(=O)[C@@H]1[C@H](c2ccc(F)cc2)[C@]1(N)CN. The summed E-state index contributed by atoms with van der Waals surface area (Å²) >= 11 is 0. The van der Waals surface area contributed by atoms with Gasteiger partial charge in [0.1, 0.15) is 5.82 Å². The molecule has 6 heteroatoms. The Morgan fingerprint density at radius 3 is 2.24 bits per heavy atom. The third-order valence-corrected chi connectivity index (χ3v) is 4.98. The molecule has 0 spiro atoms. The Labute approximate surface area is 99.7 Å². The molecule has 1 aliphatic carbocycles. The van der Waals surface area contributed by atoms with Crippen molar-refractivity contribution >= 4 is 9.84 Å². The van der Waals surface area contributed by atoms with E-state index in [0.717, 1.165) is 11.8 Å². The van der Waals surface area contributed by atoms with Gasteiger partial charge in [0.25, 0.3) is 0 Å². The maximum atomic E-state index is 12.8. The molecule has 4 nitrogen and oxygen atoms in total. The maximum Gasteiger partial charge on any atom is 0.152 e. The zero-order valence-electron chi connectivity index (χ0n) is 9.43. The van der Waals surface area contributed by atoms with E-state index >= 15 is 0 Å². The first-order valence-corrected chi connectivity index (χ1v) is 7.19. The predicted molar refractivity (Wildman–Crippen MR) is 63.7 cm³/mol. The maximum absolute atomic E-state index is 12.8. The van der Waals surface area contributed by atoms with Gasteiger partial charge in [-0.3, -0.25) is 0 Å². The summed E-state index contributed by atoms with van der Waals surface area (Å²) in [7, 11) is -3.26. The highest BCUT2D eigenvalue weighted by Gasteiger charge is 2.67. The van der Waals surface area contributed by atoms with Gasteiger partial charge >= 0.3 is 0 Å². The van der Waals surface area contributed by atoms with E-state index in [1.165, 1.54) is 12.1 Å². The molecule has 0 aromatic heterocycles. The van der Waals surface area contributed by atoms with Crippen molar-refractivity contribution in [1.82, 2.24) is 0 Å². The van der Waals surface area contributed by atoms with Gasteiger partial charge in [0.15, 0.2) is 9.84 Å². The Morgan fingerprint density at radius 2 is 1.88 bits per heavy atom. The third-order valence-electron chi connectivity index (χ3n) is 3.35. The molecule has 1 saturated carbocycles. The molecule has 0 heterocycles. The fourth-order valence-corrected chi connectivity index (χ4v) is 4.33. The Bertz CT molecular complexity index is 529. The number of sulfone groups is 1. The fraction of sp³-hybridized carbons (Fsp3) is 0.455. The van der Waals surface area contributed by atoms with Gasteiger partial charge in [0.2, 0.25) is 0 Å². The van der Waals surface area contributed by atoms with Gasteiger partial charge < -0.3 is 11.5 Å². The second-order valence-electron chi connectivity index (χ2n) is 4.60. The van der Waals surface area contributed by atoms with Crippen LogP contribution in [0.25, 0.3) is 0 Å². The second-order valence-corrected chi connectivity index (χ2v) is 6.76. The van der Waals surface area contributed by atoms with Crippen molar-refractivity contribution in [2.24, 2.45) is 11.5 Å². The Kier molecular flexibility index (Phi) is 2.76. The van der Waals surface area contributed by atoms with Crippen LogP contribution in [-0.2, 0) is 9.84 Å². The van der Waals surface area contributed by atoms with Gasteiger partial charge in [-0.25, -0.2) is 12.8 Å². The molecule has 1 fully saturated rings. The lowest BCUT2D eigenvalue weighted by atomic mass is 10.1. The summed E-state index contributed by atoms with van der Waals surface area (Å²) in [5.74, 6) is -0.705. The fourth-order valence-electron chi connectivity index (χ4n) is 2.47. The van der Waals surface area contributed by atoms with Crippen LogP contribution in [-0.4, -0.2) is 32.0 Å². The molecule has 3 atom stereocenters. The molecule has 0 bridgehead atoms. The van der Waals surface area contributed by atoms with Gasteiger partial charge in [0, 0.05) is 18.7 Å². The van der Waals surface area contributed by atoms with Crippen LogP contribution in [0.3, 0.4) is 0 Å². The van der Waals surface area contributed by atoms with Gasteiger partial charge in [0.05, 0.1) is 10.8 Å². The molecular formula is C11H15FN2O2S. The Morgan fingerprint density at radius 1 is 1.35 bits per heavy atom. The quantitative estimate of drug-likeness (QED) is 0.798. The van der Waals surface area contributed by atoms with Crippen molar-refractivity contribution in [2.45, 2.75) is 16.7 Å². The van der Waals surface area contributed by atoms with Crippen molar-refractivity contribution in [1.29, 1.82) is 0 Å². The van der Waals surface area contributed by atoms with E-state index in [-0.39, 0.29) is 18.3 Å². The minimum Gasteiger partial charge on any atom is -0.329 e. The van der Waals surface area contributed by atoms with E-state index in [1.807, 2.05) is 0 Å². The van der Waals surface area contributed by atoms with E-state index in [2.05, 4.69) is 0 Å². The monoisotopic (exact) mass is 258 g/mol. The summed E-state index contributed by atoms with van der Waals surface area (Å²) in [6.07, 6.45) is 1.15. The van der Waals surface area contributed by atoms with Crippen LogP contribution in [0.2, 0.25) is 0 Å². The zero-order valence-corrected chi connectivity index (χ0v) is 10.2. The van der Waals surface area contributed by atoms with Crippen molar-refractivity contribution in [3.8, 4) is 0 Å². The zero-order chi connectivity index (χ0) is 12.8.